The number of carbonyl (C=O) groups excluding carboxylic acids is 2. The van der Waals surface area contributed by atoms with Crippen molar-refractivity contribution in [2.24, 2.45) is 0 Å². The predicted octanol–water partition coefficient (Wildman–Crippen LogP) is 2.97. The molecule has 0 unspecified atom stereocenters. The molecule has 0 aromatic heterocycles. The van der Waals surface area contributed by atoms with Gasteiger partial charge in [0.1, 0.15) is 5.75 Å². The van der Waals surface area contributed by atoms with Crippen molar-refractivity contribution in [1.29, 1.82) is 0 Å². The normalized spacial score (nSPS) is 9.91. The predicted molar refractivity (Wildman–Crippen MR) is 86.0 cm³/mol. The number of amides is 2. The Morgan fingerprint density at radius 3 is 2.09 bits per heavy atom. The molecule has 0 atom stereocenters. The third kappa shape index (κ3) is 3.85. The molecule has 5 nitrogen and oxygen atoms in total. The van der Waals surface area contributed by atoms with E-state index >= 15 is 0 Å². The van der Waals surface area contributed by atoms with Gasteiger partial charge < -0.3 is 15.4 Å². The first-order chi connectivity index (χ1) is 10.6. The van der Waals surface area contributed by atoms with Crippen LogP contribution in [-0.2, 0) is 9.59 Å². The smallest absolute Gasteiger partial charge is 0.314 e. The van der Waals surface area contributed by atoms with Crippen LogP contribution in [0, 0.1) is 6.92 Å². The molecule has 5 heteroatoms. The van der Waals surface area contributed by atoms with Gasteiger partial charge in [0.25, 0.3) is 0 Å². The molecule has 0 saturated heterocycles. The topological polar surface area (TPSA) is 67.4 Å². The van der Waals surface area contributed by atoms with E-state index in [2.05, 4.69) is 10.6 Å². The summed E-state index contributed by atoms with van der Waals surface area (Å²) in [5.41, 5.74) is 1.97. The van der Waals surface area contributed by atoms with Gasteiger partial charge in [-0.3, -0.25) is 9.59 Å². The summed E-state index contributed by atoms with van der Waals surface area (Å²) in [5.74, 6) is -0.932. The maximum absolute atomic E-state index is 12.0. The fraction of sp³-hybridized carbons (Fsp3) is 0.176. The lowest BCUT2D eigenvalue weighted by Crippen LogP contribution is -2.29. The summed E-state index contributed by atoms with van der Waals surface area (Å²) in [4.78, 5) is 24.0. The van der Waals surface area contributed by atoms with E-state index in [-0.39, 0.29) is 0 Å². The zero-order valence-corrected chi connectivity index (χ0v) is 12.6. The number of ether oxygens (including phenoxy) is 1. The van der Waals surface area contributed by atoms with Crippen LogP contribution in [-0.4, -0.2) is 18.4 Å². The van der Waals surface area contributed by atoms with Crippen LogP contribution < -0.4 is 15.4 Å². The molecule has 2 aromatic carbocycles. The zero-order chi connectivity index (χ0) is 15.9. The summed E-state index contributed by atoms with van der Waals surface area (Å²) in [6, 6.07) is 14.2. The number of aryl methyl sites for hydroxylation is 1. The second-order valence-electron chi connectivity index (χ2n) is 4.65. The Bertz CT molecular complexity index is 683. The average Bonchev–Trinajstić information content (AvgIpc) is 2.51. The second-order valence-corrected chi connectivity index (χ2v) is 4.65. The summed E-state index contributed by atoms with van der Waals surface area (Å²) in [7, 11) is 0. The van der Waals surface area contributed by atoms with Crippen molar-refractivity contribution in [1.82, 2.24) is 0 Å². The molecule has 2 aromatic rings. The summed E-state index contributed by atoms with van der Waals surface area (Å²) < 4.78 is 5.41. The van der Waals surface area contributed by atoms with E-state index in [1.807, 2.05) is 26.0 Å². The van der Waals surface area contributed by atoms with Crippen LogP contribution in [0.3, 0.4) is 0 Å². The van der Waals surface area contributed by atoms with Crippen LogP contribution in [0.4, 0.5) is 11.4 Å². The molecule has 2 N–H and O–H groups in total. The summed E-state index contributed by atoms with van der Waals surface area (Å²) in [5, 5.41) is 5.15. The van der Waals surface area contributed by atoms with Crippen LogP contribution in [0.2, 0.25) is 0 Å². The lowest BCUT2D eigenvalue weighted by atomic mass is 10.2. The zero-order valence-electron chi connectivity index (χ0n) is 12.6. The molecule has 0 spiro atoms. The fourth-order valence-corrected chi connectivity index (χ4v) is 1.92. The van der Waals surface area contributed by atoms with Crippen LogP contribution in [0.1, 0.15) is 12.5 Å². The molecule has 0 saturated carbocycles. The molecule has 0 fully saturated rings. The summed E-state index contributed by atoms with van der Waals surface area (Å²) >= 11 is 0. The Hall–Kier alpha value is -2.82. The van der Waals surface area contributed by atoms with Gasteiger partial charge in [-0.05, 0) is 37.6 Å². The van der Waals surface area contributed by atoms with Crippen LogP contribution in [0.25, 0.3) is 0 Å². The van der Waals surface area contributed by atoms with E-state index < -0.39 is 11.8 Å². The lowest BCUT2D eigenvalue weighted by Gasteiger charge is -2.11. The number of para-hydroxylation sites is 3. The number of nitrogens with one attached hydrogen (secondary N) is 2. The van der Waals surface area contributed by atoms with Gasteiger partial charge in [-0.1, -0.05) is 30.3 Å². The fourth-order valence-electron chi connectivity index (χ4n) is 1.92. The van der Waals surface area contributed by atoms with E-state index in [1.54, 1.807) is 36.4 Å². The maximum atomic E-state index is 12.0. The standard InChI is InChI=1S/C17H18N2O3/c1-3-22-15-11-7-6-10-14(15)19-17(21)16(20)18-13-9-5-4-8-12(13)2/h4-11H,3H2,1-2H3,(H,18,20)(H,19,21). The molecule has 0 aliphatic rings. The molecule has 2 rings (SSSR count). The second kappa shape index (κ2) is 7.26. The van der Waals surface area contributed by atoms with Crippen LogP contribution >= 0.6 is 0 Å². The quantitative estimate of drug-likeness (QED) is 0.853. The van der Waals surface area contributed by atoms with E-state index in [9.17, 15) is 9.59 Å². The van der Waals surface area contributed by atoms with Crippen molar-refractivity contribution >= 4 is 23.2 Å². The third-order valence-corrected chi connectivity index (χ3v) is 3.03. The minimum absolute atomic E-state index is 0.467. The lowest BCUT2D eigenvalue weighted by molar-refractivity contribution is -0.133. The van der Waals surface area contributed by atoms with Crippen molar-refractivity contribution < 1.29 is 14.3 Å². The van der Waals surface area contributed by atoms with Crippen molar-refractivity contribution in [3.8, 4) is 5.75 Å². The van der Waals surface area contributed by atoms with Crippen molar-refractivity contribution in [2.45, 2.75) is 13.8 Å². The number of benzene rings is 2. The molecule has 114 valence electrons. The Morgan fingerprint density at radius 1 is 0.909 bits per heavy atom. The third-order valence-electron chi connectivity index (χ3n) is 3.03. The Balaban J connectivity index is 2.06. The largest absolute Gasteiger partial charge is 0.492 e. The number of anilines is 2. The summed E-state index contributed by atoms with van der Waals surface area (Å²) in [6.07, 6.45) is 0. The summed E-state index contributed by atoms with van der Waals surface area (Å²) in [6.45, 7) is 4.18. The van der Waals surface area contributed by atoms with E-state index in [4.69, 9.17) is 4.74 Å². The molecule has 2 amide bonds. The highest BCUT2D eigenvalue weighted by Crippen LogP contribution is 2.23. The molecular weight excluding hydrogens is 280 g/mol. The van der Waals surface area contributed by atoms with Gasteiger partial charge in [-0.2, -0.15) is 0 Å². The van der Waals surface area contributed by atoms with Gasteiger partial charge in [0.15, 0.2) is 0 Å². The van der Waals surface area contributed by atoms with Gasteiger partial charge in [0.2, 0.25) is 0 Å². The van der Waals surface area contributed by atoms with Crippen LogP contribution in [0.15, 0.2) is 48.5 Å². The molecular formula is C17H18N2O3. The number of hydrogen-bond acceptors (Lipinski definition) is 3. The molecule has 0 heterocycles. The first-order valence-electron chi connectivity index (χ1n) is 7.01. The van der Waals surface area contributed by atoms with Crippen molar-refractivity contribution in [2.75, 3.05) is 17.2 Å². The molecule has 0 radical (unpaired) electrons. The molecule has 0 bridgehead atoms. The minimum Gasteiger partial charge on any atom is -0.492 e. The molecule has 0 aliphatic heterocycles. The first-order valence-corrected chi connectivity index (χ1v) is 7.01. The van der Waals surface area contributed by atoms with E-state index in [0.717, 1.165) is 5.56 Å². The van der Waals surface area contributed by atoms with Crippen LogP contribution in [0.5, 0.6) is 5.75 Å². The van der Waals surface area contributed by atoms with Gasteiger partial charge in [-0.25, -0.2) is 0 Å². The number of rotatable bonds is 4. The molecule has 22 heavy (non-hydrogen) atoms. The van der Waals surface area contributed by atoms with E-state index in [1.165, 1.54) is 0 Å². The highest BCUT2D eigenvalue weighted by molar-refractivity contribution is 6.43. The first kappa shape index (κ1) is 15.6. The highest BCUT2D eigenvalue weighted by Gasteiger charge is 2.16. The Labute approximate surface area is 129 Å². The Morgan fingerprint density at radius 2 is 1.45 bits per heavy atom. The van der Waals surface area contributed by atoms with Gasteiger partial charge >= 0.3 is 11.8 Å². The number of hydrogen-bond donors (Lipinski definition) is 2. The number of carbonyl (C=O) groups is 2. The minimum atomic E-state index is -0.740. The van der Waals surface area contributed by atoms with Crippen molar-refractivity contribution in [3.05, 3.63) is 54.1 Å². The molecule has 0 aliphatic carbocycles. The van der Waals surface area contributed by atoms with Gasteiger partial charge in [0.05, 0.1) is 12.3 Å². The van der Waals surface area contributed by atoms with Gasteiger partial charge in [0, 0.05) is 5.69 Å². The van der Waals surface area contributed by atoms with Crippen molar-refractivity contribution in [3.63, 3.8) is 0 Å². The highest BCUT2D eigenvalue weighted by atomic mass is 16.5. The monoisotopic (exact) mass is 298 g/mol. The average molecular weight is 298 g/mol. The maximum Gasteiger partial charge on any atom is 0.314 e. The Kier molecular flexibility index (Phi) is 5.14. The SMILES string of the molecule is CCOc1ccccc1NC(=O)C(=O)Nc1ccccc1C. The van der Waals surface area contributed by atoms with E-state index in [0.29, 0.717) is 23.7 Å². The van der Waals surface area contributed by atoms with Gasteiger partial charge in [-0.15, -0.1) is 0 Å².